The van der Waals surface area contributed by atoms with Crippen molar-refractivity contribution in [3.05, 3.63) is 0 Å². The van der Waals surface area contributed by atoms with E-state index < -0.39 is 0 Å². The second kappa shape index (κ2) is 6.46. The summed E-state index contributed by atoms with van der Waals surface area (Å²) in [5.41, 5.74) is 0.261. The van der Waals surface area contributed by atoms with Gasteiger partial charge in [0.15, 0.2) is 0 Å². The molecule has 1 aliphatic rings. The lowest BCUT2D eigenvalue weighted by Crippen LogP contribution is -2.52. The van der Waals surface area contributed by atoms with Gasteiger partial charge < -0.3 is 10.6 Å². The lowest BCUT2D eigenvalue weighted by Gasteiger charge is -2.38. The van der Waals surface area contributed by atoms with E-state index >= 15 is 0 Å². The highest BCUT2D eigenvalue weighted by molar-refractivity contribution is 5.81. The summed E-state index contributed by atoms with van der Waals surface area (Å²) < 4.78 is 0. The molecule has 1 amide bonds. The largest absolute Gasteiger partial charge is 0.350 e. The van der Waals surface area contributed by atoms with Crippen LogP contribution in [0.2, 0.25) is 0 Å². The predicted molar refractivity (Wildman–Crippen MR) is 85.7 cm³/mol. The fraction of sp³-hybridized carbons (Fsp3) is 0.941. The number of rotatable bonds is 3. The lowest BCUT2D eigenvalue weighted by atomic mass is 9.71. The molecule has 0 aliphatic heterocycles. The van der Waals surface area contributed by atoms with Gasteiger partial charge in [0.1, 0.15) is 0 Å². The van der Waals surface area contributed by atoms with Crippen LogP contribution in [0.25, 0.3) is 0 Å². The molecular formula is C17H34N2O. The Hall–Kier alpha value is -0.570. The first-order chi connectivity index (χ1) is 8.99. The van der Waals surface area contributed by atoms with Crippen molar-refractivity contribution in [2.75, 3.05) is 0 Å². The highest BCUT2D eigenvalue weighted by Gasteiger charge is 2.31. The maximum absolute atomic E-state index is 12.1. The zero-order chi connectivity index (χ0) is 15.6. The van der Waals surface area contributed by atoms with E-state index in [4.69, 9.17) is 0 Å². The second-order valence-electron chi connectivity index (χ2n) is 8.54. The van der Waals surface area contributed by atoms with Crippen molar-refractivity contribution in [1.29, 1.82) is 0 Å². The quantitative estimate of drug-likeness (QED) is 0.832. The topological polar surface area (TPSA) is 41.1 Å². The number of carbonyl (C=O) groups excluding carboxylic acids is 1. The van der Waals surface area contributed by atoms with Gasteiger partial charge in [0.25, 0.3) is 0 Å². The van der Waals surface area contributed by atoms with Gasteiger partial charge in [0.05, 0.1) is 6.04 Å². The standard InChI is InChI=1S/C17H34N2O/c1-12(15(20)19-17(5,6)7)18-14-10-8-13(9-11-14)16(2,3)4/h12-14,18H,8-11H2,1-7H3,(H,19,20). The average Bonchev–Trinajstić information content (AvgIpc) is 2.26. The molecule has 0 bridgehead atoms. The molecule has 2 N–H and O–H groups in total. The van der Waals surface area contributed by atoms with E-state index in [2.05, 4.69) is 31.4 Å². The molecule has 3 heteroatoms. The summed E-state index contributed by atoms with van der Waals surface area (Å²) in [5, 5.41) is 6.54. The van der Waals surface area contributed by atoms with E-state index in [1.807, 2.05) is 27.7 Å². The number of hydrogen-bond acceptors (Lipinski definition) is 2. The first kappa shape index (κ1) is 17.5. The van der Waals surface area contributed by atoms with Crippen molar-refractivity contribution in [3.8, 4) is 0 Å². The monoisotopic (exact) mass is 282 g/mol. The highest BCUT2D eigenvalue weighted by atomic mass is 16.2. The van der Waals surface area contributed by atoms with Crippen LogP contribution in [-0.2, 0) is 4.79 Å². The third kappa shape index (κ3) is 5.82. The van der Waals surface area contributed by atoms with E-state index in [0.29, 0.717) is 11.5 Å². The van der Waals surface area contributed by atoms with Gasteiger partial charge in [-0.05, 0) is 64.7 Å². The molecule has 0 aromatic carbocycles. The predicted octanol–water partition coefficient (Wildman–Crippen LogP) is 3.48. The Morgan fingerprint density at radius 3 is 1.90 bits per heavy atom. The van der Waals surface area contributed by atoms with Crippen LogP contribution in [0.5, 0.6) is 0 Å². The second-order valence-corrected chi connectivity index (χ2v) is 8.54. The molecule has 0 saturated heterocycles. The molecule has 20 heavy (non-hydrogen) atoms. The Labute approximate surface area is 125 Å². The van der Waals surface area contributed by atoms with E-state index in [9.17, 15) is 4.79 Å². The molecule has 3 nitrogen and oxygen atoms in total. The molecule has 0 aromatic rings. The van der Waals surface area contributed by atoms with Gasteiger partial charge >= 0.3 is 0 Å². The smallest absolute Gasteiger partial charge is 0.237 e. The van der Waals surface area contributed by atoms with Crippen molar-refractivity contribution in [2.24, 2.45) is 11.3 Å². The van der Waals surface area contributed by atoms with Crippen LogP contribution in [0.3, 0.4) is 0 Å². The van der Waals surface area contributed by atoms with E-state index in [1.54, 1.807) is 0 Å². The van der Waals surface area contributed by atoms with Gasteiger partial charge in [-0.1, -0.05) is 20.8 Å². The third-order valence-electron chi connectivity index (χ3n) is 4.33. The number of carbonyl (C=O) groups is 1. The van der Waals surface area contributed by atoms with Crippen LogP contribution < -0.4 is 10.6 Å². The molecular weight excluding hydrogens is 248 g/mol. The summed E-state index contributed by atoms with van der Waals surface area (Å²) in [6.45, 7) is 15.0. The Balaban J connectivity index is 2.38. The molecule has 1 atom stereocenters. The van der Waals surface area contributed by atoms with Crippen LogP contribution in [-0.4, -0.2) is 23.5 Å². The molecule has 0 aromatic heterocycles. The summed E-state index contributed by atoms with van der Waals surface area (Å²) in [4.78, 5) is 12.1. The molecule has 1 fully saturated rings. The SMILES string of the molecule is CC(NC1CCC(C(C)(C)C)CC1)C(=O)NC(C)(C)C. The highest BCUT2D eigenvalue weighted by Crippen LogP contribution is 2.37. The summed E-state index contributed by atoms with van der Waals surface area (Å²) in [5.74, 6) is 0.926. The summed E-state index contributed by atoms with van der Waals surface area (Å²) in [6, 6.07) is 0.389. The Morgan fingerprint density at radius 2 is 1.50 bits per heavy atom. The van der Waals surface area contributed by atoms with Gasteiger partial charge in [-0.2, -0.15) is 0 Å². The summed E-state index contributed by atoms with van der Waals surface area (Å²) in [6.07, 6.45) is 4.92. The minimum absolute atomic E-state index is 0.106. The number of hydrogen-bond donors (Lipinski definition) is 2. The maximum Gasteiger partial charge on any atom is 0.237 e. The van der Waals surface area contributed by atoms with E-state index in [1.165, 1.54) is 25.7 Å². The molecule has 118 valence electrons. The zero-order valence-electron chi connectivity index (χ0n) is 14.5. The molecule has 0 radical (unpaired) electrons. The van der Waals surface area contributed by atoms with Gasteiger partial charge in [0, 0.05) is 11.6 Å². The van der Waals surface area contributed by atoms with Crippen LogP contribution in [0.4, 0.5) is 0 Å². The number of amides is 1. The minimum atomic E-state index is -0.156. The molecule has 0 spiro atoms. The Kier molecular flexibility index (Phi) is 5.65. The Bertz CT molecular complexity index is 317. The number of nitrogens with one attached hydrogen (secondary N) is 2. The van der Waals surface area contributed by atoms with Crippen LogP contribution in [0, 0.1) is 11.3 Å². The summed E-state index contributed by atoms with van der Waals surface area (Å²) in [7, 11) is 0. The average molecular weight is 282 g/mol. The Morgan fingerprint density at radius 1 is 1.00 bits per heavy atom. The van der Waals surface area contributed by atoms with Gasteiger partial charge in [-0.15, -0.1) is 0 Å². The molecule has 1 unspecified atom stereocenters. The fourth-order valence-electron chi connectivity index (χ4n) is 3.03. The van der Waals surface area contributed by atoms with Crippen molar-refractivity contribution >= 4 is 5.91 Å². The van der Waals surface area contributed by atoms with Crippen molar-refractivity contribution in [2.45, 2.75) is 91.8 Å². The molecule has 0 heterocycles. The van der Waals surface area contributed by atoms with Crippen molar-refractivity contribution < 1.29 is 4.79 Å². The minimum Gasteiger partial charge on any atom is -0.350 e. The summed E-state index contributed by atoms with van der Waals surface area (Å²) >= 11 is 0. The van der Waals surface area contributed by atoms with Crippen molar-refractivity contribution in [1.82, 2.24) is 10.6 Å². The van der Waals surface area contributed by atoms with Gasteiger partial charge in [-0.25, -0.2) is 0 Å². The van der Waals surface area contributed by atoms with Gasteiger partial charge in [-0.3, -0.25) is 4.79 Å². The molecule has 1 rings (SSSR count). The van der Waals surface area contributed by atoms with Gasteiger partial charge in [0.2, 0.25) is 5.91 Å². The van der Waals surface area contributed by atoms with E-state index in [-0.39, 0.29) is 17.5 Å². The zero-order valence-corrected chi connectivity index (χ0v) is 14.5. The molecule has 1 aliphatic carbocycles. The molecule has 1 saturated carbocycles. The van der Waals surface area contributed by atoms with Crippen molar-refractivity contribution in [3.63, 3.8) is 0 Å². The fourth-order valence-corrected chi connectivity index (χ4v) is 3.03. The maximum atomic E-state index is 12.1. The van der Waals surface area contributed by atoms with E-state index in [0.717, 1.165) is 5.92 Å². The first-order valence-corrected chi connectivity index (χ1v) is 8.07. The lowest BCUT2D eigenvalue weighted by molar-refractivity contribution is -0.124. The van der Waals surface area contributed by atoms with Crippen LogP contribution in [0.15, 0.2) is 0 Å². The van der Waals surface area contributed by atoms with Crippen LogP contribution >= 0.6 is 0 Å². The first-order valence-electron chi connectivity index (χ1n) is 8.07. The van der Waals surface area contributed by atoms with Crippen LogP contribution in [0.1, 0.15) is 74.1 Å². The third-order valence-corrected chi connectivity index (χ3v) is 4.33. The normalized spacial score (nSPS) is 26.1.